The summed E-state index contributed by atoms with van der Waals surface area (Å²) in [5.74, 6) is 2.79. The molecule has 2 nitrogen and oxygen atoms in total. The van der Waals surface area contributed by atoms with E-state index in [1.165, 1.54) is 58.2 Å². The summed E-state index contributed by atoms with van der Waals surface area (Å²) in [7, 11) is 0. The first kappa shape index (κ1) is 12.9. The van der Waals surface area contributed by atoms with Crippen molar-refractivity contribution in [2.75, 3.05) is 19.6 Å². The lowest BCUT2D eigenvalue weighted by molar-refractivity contribution is 0.192. The van der Waals surface area contributed by atoms with Gasteiger partial charge in [0.15, 0.2) is 0 Å². The van der Waals surface area contributed by atoms with Crippen LogP contribution in [0.5, 0.6) is 0 Å². The normalized spacial score (nSPS) is 35.3. The van der Waals surface area contributed by atoms with Crippen molar-refractivity contribution in [1.82, 2.24) is 4.90 Å². The highest BCUT2D eigenvalue weighted by molar-refractivity contribution is 4.96. The van der Waals surface area contributed by atoms with Gasteiger partial charge in [-0.2, -0.15) is 0 Å². The van der Waals surface area contributed by atoms with E-state index in [0.29, 0.717) is 11.5 Å². The van der Waals surface area contributed by atoms with Crippen molar-refractivity contribution < 1.29 is 0 Å². The Hall–Kier alpha value is -0.0800. The first-order valence-electron chi connectivity index (χ1n) is 8.02. The molecular formula is C16H30N2. The van der Waals surface area contributed by atoms with Gasteiger partial charge in [0, 0.05) is 25.7 Å². The molecule has 0 heterocycles. The number of nitrogens with two attached hydrogens (primary N) is 1. The number of hydrogen-bond donors (Lipinski definition) is 1. The van der Waals surface area contributed by atoms with Crippen molar-refractivity contribution in [2.45, 2.75) is 58.4 Å². The molecule has 3 aliphatic rings. The maximum Gasteiger partial charge on any atom is 0.0131 e. The molecule has 0 aromatic rings. The summed E-state index contributed by atoms with van der Waals surface area (Å²) in [4.78, 5) is 2.77. The zero-order valence-corrected chi connectivity index (χ0v) is 12.2. The fourth-order valence-electron chi connectivity index (χ4n) is 3.63. The zero-order chi connectivity index (χ0) is 12.8. The standard InChI is InChI=1S/C16H30N2/c1-16(2)8-7-14(15(16)17)11-18(9-12-3-4-12)10-13-5-6-13/h12-15H,3-11,17H2,1-2H3. The van der Waals surface area contributed by atoms with Crippen molar-refractivity contribution in [3.05, 3.63) is 0 Å². The summed E-state index contributed by atoms with van der Waals surface area (Å²) in [5, 5.41) is 0. The minimum absolute atomic E-state index is 0.371. The molecule has 3 aliphatic carbocycles. The van der Waals surface area contributed by atoms with E-state index in [1.807, 2.05) is 0 Å². The molecule has 104 valence electrons. The smallest absolute Gasteiger partial charge is 0.0131 e. The molecule has 0 aromatic carbocycles. The van der Waals surface area contributed by atoms with Crippen molar-refractivity contribution in [2.24, 2.45) is 28.9 Å². The van der Waals surface area contributed by atoms with E-state index in [9.17, 15) is 0 Å². The maximum atomic E-state index is 6.47. The predicted molar refractivity (Wildman–Crippen MR) is 76.4 cm³/mol. The van der Waals surface area contributed by atoms with Crippen molar-refractivity contribution in [3.8, 4) is 0 Å². The van der Waals surface area contributed by atoms with Crippen LogP contribution in [0.4, 0.5) is 0 Å². The topological polar surface area (TPSA) is 29.3 Å². The van der Waals surface area contributed by atoms with Gasteiger partial charge in [-0.1, -0.05) is 13.8 Å². The third-order valence-electron chi connectivity index (χ3n) is 5.49. The molecule has 2 N–H and O–H groups in total. The minimum atomic E-state index is 0.371. The largest absolute Gasteiger partial charge is 0.327 e. The van der Waals surface area contributed by atoms with Crippen LogP contribution in [0.1, 0.15) is 52.4 Å². The molecule has 0 radical (unpaired) electrons. The Labute approximate surface area is 112 Å². The number of hydrogen-bond acceptors (Lipinski definition) is 2. The highest BCUT2D eigenvalue weighted by atomic mass is 15.1. The lowest BCUT2D eigenvalue weighted by Crippen LogP contribution is -2.43. The van der Waals surface area contributed by atoms with Gasteiger partial charge >= 0.3 is 0 Å². The van der Waals surface area contributed by atoms with E-state index in [-0.39, 0.29) is 0 Å². The first-order valence-corrected chi connectivity index (χ1v) is 8.02. The molecule has 0 bridgehead atoms. The monoisotopic (exact) mass is 250 g/mol. The molecule has 0 spiro atoms. The van der Waals surface area contributed by atoms with E-state index >= 15 is 0 Å². The Balaban J connectivity index is 1.54. The molecule has 0 amide bonds. The van der Waals surface area contributed by atoms with E-state index < -0.39 is 0 Å². The Morgan fingerprint density at radius 1 is 0.944 bits per heavy atom. The third kappa shape index (κ3) is 3.08. The predicted octanol–water partition coefficient (Wildman–Crippen LogP) is 2.87. The second-order valence-electron chi connectivity index (χ2n) is 7.92. The van der Waals surface area contributed by atoms with Crippen LogP contribution in [0.2, 0.25) is 0 Å². The Morgan fingerprint density at radius 3 is 1.89 bits per heavy atom. The maximum absolute atomic E-state index is 6.47. The van der Waals surface area contributed by atoms with Crippen molar-refractivity contribution in [3.63, 3.8) is 0 Å². The molecule has 0 aromatic heterocycles. The van der Waals surface area contributed by atoms with E-state index in [2.05, 4.69) is 18.7 Å². The van der Waals surface area contributed by atoms with Gasteiger partial charge in [-0.25, -0.2) is 0 Å². The van der Waals surface area contributed by atoms with E-state index in [1.54, 1.807) is 0 Å². The van der Waals surface area contributed by atoms with Crippen LogP contribution in [0.3, 0.4) is 0 Å². The number of rotatable bonds is 6. The lowest BCUT2D eigenvalue weighted by Gasteiger charge is -2.31. The Bertz CT molecular complexity index is 277. The van der Waals surface area contributed by atoms with Crippen LogP contribution < -0.4 is 5.73 Å². The summed E-state index contributed by atoms with van der Waals surface area (Å²) in [6.07, 6.45) is 8.57. The van der Waals surface area contributed by atoms with Gasteiger partial charge in [0.25, 0.3) is 0 Å². The summed E-state index contributed by atoms with van der Waals surface area (Å²) in [6, 6.07) is 0.415. The molecule has 3 fully saturated rings. The van der Waals surface area contributed by atoms with Crippen molar-refractivity contribution in [1.29, 1.82) is 0 Å². The second-order valence-corrected chi connectivity index (χ2v) is 7.92. The molecule has 2 heteroatoms. The summed E-state index contributed by atoms with van der Waals surface area (Å²) >= 11 is 0. The third-order valence-corrected chi connectivity index (χ3v) is 5.49. The van der Waals surface area contributed by atoms with Crippen molar-refractivity contribution >= 4 is 0 Å². The lowest BCUT2D eigenvalue weighted by atomic mass is 9.85. The van der Waals surface area contributed by atoms with Gasteiger partial charge in [0.2, 0.25) is 0 Å². The average molecular weight is 250 g/mol. The molecule has 0 saturated heterocycles. The van der Waals surface area contributed by atoms with Crippen LogP contribution in [0.25, 0.3) is 0 Å². The highest BCUT2D eigenvalue weighted by Crippen LogP contribution is 2.41. The fraction of sp³-hybridized carbons (Fsp3) is 1.00. The summed E-state index contributed by atoms with van der Waals surface area (Å²) in [6.45, 7) is 8.70. The van der Waals surface area contributed by atoms with E-state index in [4.69, 9.17) is 5.73 Å². The van der Waals surface area contributed by atoms with Gasteiger partial charge in [-0.15, -0.1) is 0 Å². The highest BCUT2D eigenvalue weighted by Gasteiger charge is 2.40. The fourth-order valence-corrected chi connectivity index (χ4v) is 3.63. The summed E-state index contributed by atoms with van der Waals surface area (Å²) < 4.78 is 0. The van der Waals surface area contributed by atoms with Gasteiger partial charge in [0.05, 0.1) is 0 Å². The van der Waals surface area contributed by atoms with Crippen LogP contribution >= 0.6 is 0 Å². The molecule has 2 atom stereocenters. The SMILES string of the molecule is CC1(C)CCC(CN(CC2CC2)CC2CC2)C1N. The molecule has 3 saturated carbocycles. The molecule has 2 unspecified atom stereocenters. The zero-order valence-electron chi connectivity index (χ0n) is 12.2. The van der Waals surface area contributed by atoms with Crippen LogP contribution in [0, 0.1) is 23.2 Å². The Kier molecular flexibility index (Phi) is 3.44. The van der Waals surface area contributed by atoms with Crippen LogP contribution in [-0.2, 0) is 0 Å². The molecule has 0 aliphatic heterocycles. The minimum Gasteiger partial charge on any atom is -0.327 e. The molecule has 3 rings (SSSR count). The average Bonchev–Trinajstić information content (AvgIpc) is 3.18. The van der Waals surface area contributed by atoms with Gasteiger partial charge in [-0.3, -0.25) is 0 Å². The van der Waals surface area contributed by atoms with Gasteiger partial charge < -0.3 is 10.6 Å². The van der Waals surface area contributed by atoms with E-state index in [0.717, 1.165) is 17.8 Å². The first-order chi connectivity index (χ1) is 8.54. The molecule has 18 heavy (non-hydrogen) atoms. The van der Waals surface area contributed by atoms with Crippen LogP contribution in [0.15, 0.2) is 0 Å². The van der Waals surface area contributed by atoms with Gasteiger partial charge in [0.1, 0.15) is 0 Å². The van der Waals surface area contributed by atoms with Crippen LogP contribution in [-0.4, -0.2) is 30.6 Å². The quantitative estimate of drug-likeness (QED) is 0.785. The second kappa shape index (κ2) is 4.79. The van der Waals surface area contributed by atoms with Gasteiger partial charge in [-0.05, 0) is 61.7 Å². The summed E-state index contributed by atoms with van der Waals surface area (Å²) in [5.41, 5.74) is 6.84. The molecular weight excluding hydrogens is 220 g/mol. The number of nitrogens with zero attached hydrogens (tertiary/aromatic N) is 1. The Morgan fingerprint density at radius 2 is 1.50 bits per heavy atom.